The Hall–Kier alpha value is -2.77. The third kappa shape index (κ3) is 7.36. The van der Waals surface area contributed by atoms with Crippen LogP contribution in [-0.2, 0) is 9.59 Å². The molecule has 1 saturated carbocycles. The van der Waals surface area contributed by atoms with Crippen LogP contribution >= 0.6 is 0 Å². The number of anilines is 1. The smallest absolute Gasteiger partial charge is 0.319 e. The van der Waals surface area contributed by atoms with Gasteiger partial charge in [-0.1, -0.05) is 46.0 Å². The molecule has 0 aromatic heterocycles. The second kappa shape index (κ2) is 12.8. The lowest BCUT2D eigenvalue weighted by molar-refractivity contribution is -0.144. The molecule has 2 N–H and O–H groups in total. The molecule has 4 amide bonds. The van der Waals surface area contributed by atoms with Crippen LogP contribution in [0.3, 0.4) is 0 Å². The maximum absolute atomic E-state index is 13.5. The van der Waals surface area contributed by atoms with Crippen LogP contribution in [0.2, 0.25) is 0 Å². The molecular weight excluding hydrogens is 444 g/mol. The monoisotopic (exact) mass is 486 g/mol. The molecule has 1 saturated heterocycles. The second-order valence-corrected chi connectivity index (χ2v) is 10.1. The van der Waals surface area contributed by atoms with Crippen molar-refractivity contribution in [1.29, 1.82) is 0 Å². The summed E-state index contributed by atoms with van der Waals surface area (Å²) < 4.78 is 5.15. The van der Waals surface area contributed by atoms with Crippen LogP contribution in [0, 0.1) is 11.8 Å². The zero-order valence-electron chi connectivity index (χ0n) is 21.7. The minimum atomic E-state index is -0.630. The Morgan fingerprint density at radius 2 is 1.80 bits per heavy atom. The van der Waals surface area contributed by atoms with E-state index in [0.717, 1.165) is 12.8 Å². The van der Waals surface area contributed by atoms with Crippen molar-refractivity contribution in [1.82, 2.24) is 15.1 Å². The first-order valence-corrected chi connectivity index (χ1v) is 13.1. The lowest BCUT2D eigenvalue weighted by atomic mass is 9.97. The molecular formula is C27H42N4O4. The highest BCUT2D eigenvalue weighted by molar-refractivity contribution is 5.94. The van der Waals surface area contributed by atoms with Crippen molar-refractivity contribution < 1.29 is 19.1 Å². The number of carbonyl (C=O) groups excluding carboxylic acids is 3. The third-order valence-corrected chi connectivity index (χ3v) is 7.61. The first-order chi connectivity index (χ1) is 16.8. The Labute approximate surface area is 209 Å². The SMILES string of the molecule is CC[C@H](C)[C@@H](NC(=O)Nc1ccc(OC)cc1)C(=O)N1CCN(C(=O)CCC2CCCC2)[C@H](C)C1. The van der Waals surface area contributed by atoms with Gasteiger partial charge in [0.25, 0.3) is 0 Å². The van der Waals surface area contributed by atoms with Crippen molar-refractivity contribution in [3.05, 3.63) is 24.3 Å². The van der Waals surface area contributed by atoms with Crippen molar-refractivity contribution >= 4 is 23.5 Å². The minimum absolute atomic E-state index is 0.0227. The first-order valence-electron chi connectivity index (χ1n) is 13.1. The number of carbonyl (C=O) groups is 3. The fourth-order valence-electron chi connectivity index (χ4n) is 5.16. The lowest BCUT2D eigenvalue weighted by Gasteiger charge is -2.41. The van der Waals surface area contributed by atoms with Crippen LogP contribution in [0.1, 0.15) is 65.7 Å². The molecule has 1 aliphatic heterocycles. The molecule has 0 unspecified atom stereocenters. The molecule has 2 fully saturated rings. The number of rotatable bonds is 9. The fraction of sp³-hybridized carbons (Fsp3) is 0.667. The van der Waals surface area contributed by atoms with E-state index < -0.39 is 12.1 Å². The summed E-state index contributed by atoms with van der Waals surface area (Å²) in [5.41, 5.74) is 0.622. The van der Waals surface area contributed by atoms with Gasteiger partial charge in [0.05, 0.1) is 7.11 Å². The number of methoxy groups -OCH3 is 1. The van der Waals surface area contributed by atoms with Gasteiger partial charge in [-0.2, -0.15) is 0 Å². The molecule has 1 aromatic carbocycles. The maximum atomic E-state index is 13.5. The second-order valence-electron chi connectivity index (χ2n) is 10.1. The van der Waals surface area contributed by atoms with E-state index >= 15 is 0 Å². The number of hydrogen-bond acceptors (Lipinski definition) is 4. The quantitative estimate of drug-likeness (QED) is 0.546. The number of benzene rings is 1. The number of ether oxygens (including phenoxy) is 1. The minimum Gasteiger partial charge on any atom is -0.497 e. The Morgan fingerprint density at radius 1 is 1.11 bits per heavy atom. The fourth-order valence-corrected chi connectivity index (χ4v) is 5.16. The van der Waals surface area contributed by atoms with Gasteiger partial charge in [-0.05, 0) is 49.4 Å². The summed E-state index contributed by atoms with van der Waals surface area (Å²) in [6.07, 6.45) is 7.43. The summed E-state index contributed by atoms with van der Waals surface area (Å²) in [6.45, 7) is 7.52. The molecule has 1 aromatic rings. The molecule has 1 heterocycles. The molecule has 0 radical (unpaired) electrons. The number of amides is 4. The molecule has 3 atom stereocenters. The highest BCUT2D eigenvalue weighted by Crippen LogP contribution is 2.29. The largest absolute Gasteiger partial charge is 0.497 e. The van der Waals surface area contributed by atoms with Gasteiger partial charge in [0, 0.05) is 37.8 Å². The van der Waals surface area contributed by atoms with E-state index in [1.165, 1.54) is 25.7 Å². The van der Waals surface area contributed by atoms with E-state index in [4.69, 9.17) is 4.74 Å². The number of nitrogens with one attached hydrogen (secondary N) is 2. The standard InChI is InChI=1S/C27H42N4O4/c1-5-19(2)25(29-27(34)28-22-11-13-23(35-4)14-12-22)26(33)30-16-17-31(20(3)18-30)24(32)15-10-21-8-6-7-9-21/h11-14,19-21,25H,5-10,15-18H2,1-4H3,(H2,28,29,34)/t19-,20+,25+/m0/s1. The zero-order valence-corrected chi connectivity index (χ0v) is 21.7. The van der Waals surface area contributed by atoms with Gasteiger partial charge in [-0.15, -0.1) is 0 Å². The predicted molar refractivity (Wildman–Crippen MR) is 137 cm³/mol. The van der Waals surface area contributed by atoms with Crippen LogP contribution in [0.15, 0.2) is 24.3 Å². The molecule has 0 bridgehead atoms. The van der Waals surface area contributed by atoms with E-state index in [1.54, 1.807) is 36.3 Å². The van der Waals surface area contributed by atoms with E-state index in [9.17, 15) is 14.4 Å². The van der Waals surface area contributed by atoms with Crippen LogP contribution in [0.25, 0.3) is 0 Å². The summed E-state index contributed by atoms with van der Waals surface area (Å²) >= 11 is 0. The molecule has 0 spiro atoms. The van der Waals surface area contributed by atoms with Crippen LogP contribution in [0.5, 0.6) is 5.75 Å². The topological polar surface area (TPSA) is 91.0 Å². The Balaban J connectivity index is 1.54. The van der Waals surface area contributed by atoms with Crippen molar-refractivity contribution in [2.45, 2.75) is 77.8 Å². The Kier molecular flexibility index (Phi) is 9.81. The van der Waals surface area contributed by atoms with Gasteiger partial charge in [-0.3, -0.25) is 9.59 Å². The number of hydrogen-bond donors (Lipinski definition) is 2. The molecule has 8 nitrogen and oxygen atoms in total. The van der Waals surface area contributed by atoms with E-state index in [-0.39, 0.29) is 23.8 Å². The van der Waals surface area contributed by atoms with Crippen molar-refractivity contribution in [3.63, 3.8) is 0 Å². The van der Waals surface area contributed by atoms with Gasteiger partial charge < -0.3 is 25.2 Å². The van der Waals surface area contributed by atoms with E-state index in [0.29, 0.717) is 43.4 Å². The average Bonchev–Trinajstić information content (AvgIpc) is 3.39. The highest BCUT2D eigenvalue weighted by atomic mass is 16.5. The predicted octanol–water partition coefficient (Wildman–Crippen LogP) is 4.26. The first kappa shape index (κ1) is 26.8. The number of nitrogens with zero attached hydrogens (tertiary/aromatic N) is 2. The molecule has 2 aliphatic rings. The van der Waals surface area contributed by atoms with Crippen LogP contribution in [0.4, 0.5) is 10.5 Å². The van der Waals surface area contributed by atoms with Crippen molar-refractivity contribution in [2.75, 3.05) is 32.1 Å². The molecule has 194 valence electrons. The highest BCUT2D eigenvalue weighted by Gasteiger charge is 2.35. The van der Waals surface area contributed by atoms with Crippen molar-refractivity contribution in [2.24, 2.45) is 11.8 Å². The van der Waals surface area contributed by atoms with Gasteiger partial charge in [0.2, 0.25) is 11.8 Å². The Bertz CT molecular complexity index is 853. The van der Waals surface area contributed by atoms with Gasteiger partial charge >= 0.3 is 6.03 Å². The maximum Gasteiger partial charge on any atom is 0.319 e. The summed E-state index contributed by atoms with van der Waals surface area (Å²) in [5.74, 6) is 1.49. The molecule has 1 aliphatic carbocycles. The number of urea groups is 1. The van der Waals surface area contributed by atoms with Gasteiger partial charge in [0.15, 0.2) is 0 Å². The summed E-state index contributed by atoms with van der Waals surface area (Å²) in [5, 5.41) is 5.69. The number of piperazine rings is 1. The van der Waals surface area contributed by atoms with Gasteiger partial charge in [0.1, 0.15) is 11.8 Å². The normalized spacial score (nSPS) is 20.3. The van der Waals surface area contributed by atoms with Crippen LogP contribution < -0.4 is 15.4 Å². The lowest BCUT2D eigenvalue weighted by Crippen LogP contribution is -2.60. The van der Waals surface area contributed by atoms with Crippen molar-refractivity contribution in [3.8, 4) is 5.75 Å². The van der Waals surface area contributed by atoms with Gasteiger partial charge in [-0.25, -0.2) is 4.79 Å². The van der Waals surface area contributed by atoms with Crippen LogP contribution in [-0.4, -0.2) is 66.5 Å². The van der Waals surface area contributed by atoms with E-state index in [1.807, 2.05) is 25.7 Å². The summed E-state index contributed by atoms with van der Waals surface area (Å²) in [6, 6.07) is 5.96. The average molecular weight is 487 g/mol. The summed E-state index contributed by atoms with van der Waals surface area (Å²) in [7, 11) is 1.59. The molecule has 8 heteroatoms. The van der Waals surface area contributed by atoms with E-state index in [2.05, 4.69) is 10.6 Å². The Morgan fingerprint density at radius 3 is 2.40 bits per heavy atom. The molecule has 3 rings (SSSR count). The molecule has 35 heavy (non-hydrogen) atoms. The third-order valence-electron chi connectivity index (χ3n) is 7.61. The zero-order chi connectivity index (χ0) is 25.4. The summed E-state index contributed by atoms with van der Waals surface area (Å²) in [4.78, 5) is 42.7.